The van der Waals surface area contributed by atoms with Gasteiger partial charge in [-0.2, -0.15) is 9.78 Å². The average Bonchev–Trinajstić information content (AvgIpc) is 3.46. The fourth-order valence-corrected chi connectivity index (χ4v) is 6.24. The van der Waals surface area contributed by atoms with Crippen molar-refractivity contribution in [2.75, 3.05) is 26.3 Å². The van der Waals surface area contributed by atoms with E-state index in [9.17, 15) is 9.18 Å². The Kier molecular flexibility index (Phi) is 6.60. The number of halogens is 1. The van der Waals surface area contributed by atoms with E-state index in [1.165, 1.54) is 36.2 Å². The zero-order valence-electron chi connectivity index (χ0n) is 22.6. The SMILES string of the molecule is CC(C)(C)C(=O)n1ncc2cc3c(cc21)c(CC1CCCNC1)c(C1CCOCC1)n3-c1ccc(F)cc1. The third-order valence-electron chi connectivity index (χ3n) is 8.22. The second-order valence-electron chi connectivity index (χ2n) is 12.0. The molecule has 4 heterocycles. The quantitative estimate of drug-likeness (QED) is 0.349. The van der Waals surface area contributed by atoms with E-state index < -0.39 is 5.41 Å². The molecule has 0 radical (unpaired) electrons. The maximum atomic E-state index is 14.0. The highest BCUT2D eigenvalue weighted by molar-refractivity contribution is 6.02. The van der Waals surface area contributed by atoms with Crippen molar-refractivity contribution in [1.29, 1.82) is 0 Å². The maximum Gasteiger partial charge on any atom is 0.252 e. The van der Waals surface area contributed by atoms with E-state index in [2.05, 4.69) is 27.1 Å². The molecule has 0 saturated carbocycles. The predicted octanol–water partition coefficient (Wildman–Crippen LogP) is 6.24. The summed E-state index contributed by atoms with van der Waals surface area (Å²) >= 11 is 0. The van der Waals surface area contributed by atoms with E-state index in [0.29, 0.717) is 11.8 Å². The molecule has 0 amide bonds. The summed E-state index contributed by atoms with van der Waals surface area (Å²) in [5.41, 5.74) is 5.01. The van der Waals surface area contributed by atoms with Crippen LogP contribution in [0.4, 0.5) is 4.39 Å². The smallest absolute Gasteiger partial charge is 0.252 e. The Balaban J connectivity index is 1.63. The van der Waals surface area contributed by atoms with E-state index in [4.69, 9.17) is 4.74 Å². The molecule has 200 valence electrons. The van der Waals surface area contributed by atoms with Crippen molar-refractivity contribution in [2.24, 2.45) is 11.3 Å². The van der Waals surface area contributed by atoms with E-state index in [0.717, 1.165) is 73.1 Å². The minimum atomic E-state index is -0.544. The number of ether oxygens (including phenoxy) is 1. The molecule has 2 aliphatic heterocycles. The summed E-state index contributed by atoms with van der Waals surface area (Å²) in [6.07, 6.45) is 7.07. The van der Waals surface area contributed by atoms with Crippen molar-refractivity contribution in [3.8, 4) is 5.69 Å². The topological polar surface area (TPSA) is 61.1 Å². The van der Waals surface area contributed by atoms with Gasteiger partial charge in [0.2, 0.25) is 0 Å². The van der Waals surface area contributed by atoms with Crippen LogP contribution in [0.25, 0.3) is 27.5 Å². The molecular weight excluding hydrogens is 479 g/mol. The second kappa shape index (κ2) is 9.93. The Morgan fingerprint density at radius 3 is 2.55 bits per heavy atom. The minimum Gasteiger partial charge on any atom is -0.381 e. The molecule has 6 rings (SSSR count). The number of nitrogens with zero attached hydrogens (tertiary/aromatic N) is 3. The lowest BCUT2D eigenvalue weighted by molar-refractivity contribution is 0.0755. The highest BCUT2D eigenvalue weighted by atomic mass is 19.1. The van der Waals surface area contributed by atoms with Crippen molar-refractivity contribution in [2.45, 2.75) is 58.8 Å². The van der Waals surface area contributed by atoms with Crippen molar-refractivity contribution < 1.29 is 13.9 Å². The van der Waals surface area contributed by atoms with Gasteiger partial charge in [0, 0.05) is 46.7 Å². The van der Waals surface area contributed by atoms with Gasteiger partial charge in [0.05, 0.1) is 17.2 Å². The summed E-state index contributed by atoms with van der Waals surface area (Å²) in [4.78, 5) is 13.3. The zero-order chi connectivity index (χ0) is 26.4. The van der Waals surface area contributed by atoms with Gasteiger partial charge in [-0.05, 0) is 93.1 Å². The van der Waals surface area contributed by atoms with Crippen LogP contribution in [0.15, 0.2) is 42.6 Å². The summed E-state index contributed by atoms with van der Waals surface area (Å²) in [5.74, 6) is 0.637. The van der Waals surface area contributed by atoms with Crippen molar-refractivity contribution in [3.05, 3.63) is 59.7 Å². The molecular formula is C31H37FN4O2. The first-order valence-corrected chi connectivity index (χ1v) is 14.0. The molecule has 0 spiro atoms. The van der Waals surface area contributed by atoms with Crippen molar-refractivity contribution >= 4 is 27.7 Å². The van der Waals surface area contributed by atoms with E-state index in [-0.39, 0.29) is 11.7 Å². The normalized spacial score (nSPS) is 19.4. The van der Waals surface area contributed by atoms with Crippen LogP contribution in [0.1, 0.15) is 68.4 Å². The first kappa shape index (κ1) is 25.3. The van der Waals surface area contributed by atoms with Gasteiger partial charge in [-0.15, -0.1) is 0 Å². The third kappa shape index (κ3) is 4.56. The van der Waals surface area contributed by atoms with Crippen LogP contribution in [0.5, 0.6) is 0 Å². The lowest BCUT2D eigenvalue weighted by Crippen LogP contribution is -2.31. The van der Waals surface area contributed by atoms with Crippen LogP contribution in [0.3, 0.4) is 0 Å². The highest BCUT2D eigenvalue weighted by Gasteiger charge is 2.30. The van der Waals surface area contributed by atoms with Crippen LogP contribution < -0.4 is 5.32 Å². The van der Waals surface area contributed by atoms with Crippen molar-refractivity contribution in [3.63, 3.8) is 0 Å². The third-order valence-corrected chi connectivity index (χ3v) is 8.22. The summed E-state index contributed by atoms with van der Waals surface area (Å²) in [6.45, 7) is 9.37. The summed E-state index contributed by atoms with van der Waals surface area (Å²) in [7, 11) is 0. The molecule has 2 aromatic heterocycles. The predicted molar refractivity (Wildman–Crippen MR) is 149 cm³/mol. The van der Waals surface area contributed by atoms with Crippen LogP contribution in [0, 0.1) is 17.2 Å². The molecule has 4 aromatic rings. The molecule has 2 aliphatic rings. The number of benzene rings is 2. The molecule has 6 nitrogen and oxygen atoms in total. The number of carbonyl (C=O) groups excluding carboxylic acids is 1. The standard InChI is InChI=1S/C31H37FN4O2/c1-31(2,3)30(37)36-27-17-25-26(15-20-5-4-12-33-18-20)29(21-10-13-38-14-11-21)35(24-8-6-23(32)7-9-24)28(25)16-22(27)19-34-36/h6-9,16-17,19-21,33H,4-5,10-15,18H2,1-3H3. The fourth-order valence-electron chi connectivity index (χ4n) is 6.24. The molecule has 2 fully saturated rings. The van der Waals surface area contributed by atoms with Crippen LogP contribution >= 0.6 is 0 Å². The number of carbonyl (C=O) groups is 1. The van der Waals surface area contributed by atoms with Gasteiger partial charge >= 0.3 is 0 Å². The Morgan fingerprint density at radius 2 is 1.87 bits per heavy atom. The summed E-state index contributed by atoms with van der Waals surface area (Å²) < 4.78 is 23.7. The Morgan fingerprint density at radius 1 is 1.11 bits per heavy atom. The maximum absolute atomic E-state index is 14.0. The van der Waals surface area contributed by atoms with Gasteiger partial charge in [-0.3, -0.25) is 4.79 Å². The Bertz CT molecular complexity index is 1470. The monoisotopic (exact) mass is 516 g/mol. The largest absolute Gasteiger partial charge is 0.381 e. The highest BCUT2D eigenvalue weighted by Crippen LogP contribution is 2.41. The number of fused-ring (bicyclic) bond motifs is 2. The number of hydrogen-bond acceptors (Lipinski definition) is 4. The second-order valence-corrected chi connectivity index (χ2v) is 12.0. The number of piperidine rings is 1. The number of rotatable bonds is 4. The molecule has 2 saturated heterocycles. The fraction of sp³-hybridized carbons (Fsp3) is 0.484. The van der Waals surface area contributed by atoms with Gasteiger partial charge in [0.15, 0.2) is 0 Å². The van der Waals surface area contributed by atoms with E-state index >= 15 is 0 Å². The number of aromatic nitrogens is 3. The number of hydrogen-bond donors (Lipinski definition) is 1. The van der Waals surface area contributed by atoms with Crippen LogP contribution in [-0.4, -0.2) is 46.6 Å². The molecule has 1 N–H and O–H groups in total. The zero-order valence-corrected chi connectivity index (χ0v) is 22.6. The minimum absolute atomic E-state index is 0.0208. The van der Waals surface area contributed by atoms with Crippen molar-refractivity contribution in [1.82, 2.24) is 19.7 Å². The molecule has 2 aromatic carbocycles. The summed E-state index contributed by atoms with van der Waals surface area (Å²) in [5, 5.41) is 10.2. The molecule has 1 unspecified atom stereocenters. The Hall–Kier alpha value is -3.03. The lowest BCUT2D eigenvalue weighted by atomic mass is 9.86. The first-order chi connectivity index (χ1) is 18.3. The van der Waals surface area contributed by atoms with E-state index in [1.54, 1.807) is 10.9 Å². The molecule has 7 heteroatoms. The lowest BCUT2D eigenvalue weighted by Gasteiger charge is -2.28. The van der Waals surface area contributed by atoms with Gasteiger partial charge in [-0.1, -0.05) is 20.8 Å². The molecule has 38 heavy (non-hydrogen) atoms. The average molecular weight is 517 g/mol. The first-order valence-electron chi connectivity index (χ1n) is 14.0. The summed E-state index contributed by atoms with van der Waals surface area (Å²) in [6, 6.07) is 11.2. The van der Waals surface area contributed by atoms with Crippen LogP contribution in [0.2, 0.25) is 0 Å². The van der Waals surface area contributed by atoms with Gasteiger partial charge in [0.1, 0.15) is 5.82 Å². The number of nitrogens with one attached hydrogen (secondary N) is 1. The van der Waals surface area contributed by atoms with Gasteiger partial charge < -0.3 is 14.6 Å². The molecule has 1 atom stereocenters. The molecule has 0 aliphatic carbocycles. The van der Waals surface area contributed by atoms with Gasteiger partial charge in [-0.25, -0.2) is 4.39 Å². The Labute approximate surface area is 223 Å². The van der Waals surface area contributed by atoms with Gasteiger partial charge in [0.25, 0.3) is 5.91 Å². The van der Waals surface area contributed by atoms with E-state index in [1.807, 2.05) is 32.9 Å². The molecule has 0 bridgehead atoms. The van der Waals surface area contributed by atoms with Crippen LogP contribution in [-0.2, 0) is 11.2 Å².